The Bertz CT molecular complexity index is 410. The summed E-state index contributed by atoms with van der Waals surface area (Å²) < 4.78 is 22.0. The lowest BCUT2D eigenvalue weighted by Gasteiger charge is -2.03. The lowest BCUT2D eigenvalue weighted by Crippen LogP contribution is -1.94. The molecule has 2 nitrogen and oxygen atoms in total. The van der Waals surface area contributed by atoms with Crippen molar-refractivity contribution in [2.45, 2.75) is 25.2 Å². The van der Waals surface area contributed by atoms with E-state index in [9.17, 15) is 8.42 Å². The Kier molecular flexibility index (Phi) is 2.98. The first kappa shape index (κ1) is 10.5. The largest absolute Gasteiger partial charge is 0.261 e. The summed E-state index contributed by atoms with van der Waals surface area (Å²) in [7, 11) is 1.63. The first-order valence-corrected chi connectivity index (χ1v) is 6.30. The lowest BCUT2D eigenvalue weighted by molar-refractivity contribution is 0.609. The summed E-state index contributed by atoms with van der Waals surface area (Å²) in [4.78, 5) is 0.177. The predicted octanol–water partition coefficient (Wildman–Crippen LogP) is 2.48. The monoisotopic (exact) mass is 218 g/mol. The van der Waals surface area contributed by atoms with Gasteiger partial charge in [-0.05, 0) is 36.6 Å². The van der Waals surface area contributed by atoms with Crippen LogP contribution in [0.25, 0.3) is 0 Å². The molecule has 0 heterocycles. The second-order valence-electron chi connectivity index (χ2n) is 2.88. The molecule has 0 radical (unpaired) electrons. The third-order valence-electron chi connectivity index (χ3n) is 1.98. The fourth-order valence-electron chi connectivity index (χ4n) is 1.18. The van der Waals surface area contributed by atoms with Gasteiger partial charge in [-0.1, -0.05) is 13.0 Å². The molecule has 0 saturated carbocycles. The van der Waals surface area contributed by atoms with E-state index in [0.29, 0.717) is 0 Å². The van der Waals surface area contributed by atoms with Crippen molar-refractivity contribution in [3.63, 3.8) is 0 Å². The highest BCUT2D eigenvalue weighted by Gasteiger charge is 2.10. The fraction of sp³-hybridized carbons (Fsp3) is 0.333. The zero-order valence-corrected chi connectivity index (χ0v) is 9.11. The summed E-state index contributed by atoms with van der Waals surface area (Å²) in [6.45, 7) is 3.93. The first-order valence-electron chi connectivity index (χ1n) is 3.99. The Balaban J connectivity index is 3.30. The molecular formula is C9H11ClO2S. The summed E-state index contributed by atoms with van der Waals surface area (Å²) in [6, 6.07) is 4.92. The van der Waals surface area contributed by atoms with Crippen LogP contribution in [0.1, 0.15) is 18.1 Å². The molecular weight excluding hydrogens is 208 g/mol. The van der Waals surface area contributed by atoms with Crippen molar-refractivity contribution >= 4 is 19.7 Å². The third kappa shape index (κ3) is 2.45. The highest BCUT2D eigenvalue weighted by Crippen LogP contribution is 2.19. The SMILES string of the molecule is CCc1cc(S(=O)(=O)Cl)ccc1C. The highest BCUT2D eigenvalue weighted by atomic mass is 35.7. The average Bonchev–Trinajstić information content (AvgIpc) is 2.03. The van der Waals surface area contributed by atoms with Gasteiger partial charge in [0.25, 0.3) is 9.05 Å². The van der Waals surface area contributed by atoms with Gasteiger partial charge in [0.2, 0.25) is 0 Å². The maximum atomic E-state index is 11.0. The Morgan fingerprint density at radius 2 is 2.00 bits per heavy atom. The molecule has 1 aromatic carbocycles. The van der Waals surface area contributed by atoms with Crippen LogP contribution in [0.15, 0.2) is 23.1 Å². The van der Waals surface area contributed by atoms with E-state index in [0.717, 1.165) is 17.5 Å². The van der Waals surface area contributed by atoms with Crippen LogP contribution in [0.4, 0.5) is 0 Å². The van der Waals surface area contributed by atoms with Crippen molar-refractivity contribution in [3.05, 3.63) is 29.3 Å². The zero-order valence-electron chi connectivity index (χ0n) is 7.54. The molecule has 0 bridgehead atoms. The molecule has 0 atom stereocenters. The zero-order chi connectivity index (χ0) is 10.1. The van der Waals surface area contributed by atoms with E-state index in [4.69, 9.17) is 10.7 Å². The standard InChI is InChI=1S/C9H11ClO2S/c1-3-8-6-9(13(10,11)12)5-4-7(8)2/h4-6H,3H2,1-2H3. The van der Waals surface area contributed by atoms with Crippen molar-refractivity contribution < 1.29 is 8.42 Å². The Morgan fingerprint density at radius 3 is 2.46 bits per heavy atom. The Morgan fingerprint density at radius 1 is 1.38 bits per heavy atom. The van der Waals surface area contributed by atoms with Crippen LogP contribution in [0.2, 0.25) is 0 Å². The normalized spacial score (nSPS) is 11.6. The van der Waals surface area contributed by atoms with Crippen LogP contribution < -0.4 is 0 Å². The van der Waals surface area contributed by atoms with E-state index in [2.05, 4.69) is 0 Å². The first-order chi connectivity index (χ1) is 5.95. The molecule has 1 rings (SSSR count). The number of halogens is 1. The molecule has 13 heavy (non-hydrogen) atoms. The van der Waals surface area contributed by atoms with Crippen molar-refractivity contribution in [3.8, 4) is 0 Å². The molecule has 0 fully saturated rings. The number of hydrogen-bond acceptors (Lipinski definition) is 2. The quantitative estimate of drug-likeness (QED) is 0.715. The van der Waals surface area contributed by atoms with Crippen LogP contribution >= 0.6 is 10.7 Å². The smallest absolute Gasteiger partial charge is 0.207 e. The van der Waals surface area contributed by atoms with E-state index in [-0.39, 0.29) is 4.90 Å². The van der Waals surface area contributed by atoms with Gasteiger partial charge >= 0.3 is 0 Å². The molecule has 4 heteroatoms. The van der Waals surface area contributed by atoms with Gasteiger partial charge in [0.05, 0.1) is 4.90 Å². The number of hydrogen-bond donors (Lipinski definition) is 0. The molecule has 0 aliphatic carbocycles. The minimum absolute atomic E-state index is 0.177. The molecule has 72 valence electrons. The van der Waals surface area contributed by atoms with E-state index < -0.39 is 9.05 Å². The van der Waals surface area contributed by atoms with Crippen molar-refractivity contribution in [1.82, 2.24) is 0 Å². The molecule has 0 aliphatic heterocycles. The summed E-state index contributed by atoms with van der Waals surface area (Å²) in [5, 5.41) is 0. The Labute approximate surface area is 83.0 Å². The average molecular weight is 219 g/mol. The van der Waals surface area contributed by atoms with Crippen LogP contribution in [0.5, 0.6) is 0 Å². The summed E-state index contributed by atoms with van der Waals surface area (Å²) in [6.07, 6.45) is 0.812. The minimum Gasteiger partial charge on any atom is -0.207 e. The van der Waals surface area contributed by atoms with E-state index in [1.807, 2.05) is 13.8 Å². The van der Waals surface area contributed by atoms with Gasteiger partial charge in [-0.2, -0.15) is 0 Å². The number of benzene rings is 1. The van der Waals surface area contributed by atoms with Crippen LogP contribution in [-0.2, 0) is 15.5 Å². The van der Waals surface area contributed by atoms with Crippen molar-refractivity contribution in [2.75, 3.05) is 0 Å². The van der Waals surface area contributed by atoms with Gasteiger partial charge < -0.3 is 0 Å². The summed E-state index contributed by atoms with van der Waals surface area (Å²) in [5.74, 6) is 0. The van der Waals surface area contributed by atoms with E-state index >= 15 is 0 Å². The second-order valence-corrected chi connectivity index (χ2v) is 5.45. The van der Waals surface area contributed by atoms with Gasteiger partial charge in [-0.3, -0.25) is 0 Å². The highest BCUT2D eigenvalue weighted by molar-refractivity contribution is 8.13. The maximum Gasteiger partial charge on any atom is 0.261 e. The molecule has 0 aliphatic rings. The molecule has 0 saturated heterocycles. The molecule has 0 unspecified atom stereocenters. The van der Waals surface area contributed by atoms with Crippen molar-refractivity contribution in [1.29, 1.82) is 0 Å². The van der Waals surface area contributed by atoms with Gasteiger partial charge in [-0.15, -0.1) is 0 Å². The van der Waals surface area contributed by atoms with Crippen molar-refractivity contribution in [2.24, 2.45) is 0 Å². The molecule has 1 aromatic rings. The van der Waals surface area contributed by atoms with Gasteiger partial charge in [-0.25, -0.2) is 8.42 Å². The van der Waals surface area contributed by atoms with Gasteiger partial charge in [0.15, 0.2) is 0 Å². The molecule has 0 spiro atoms. The van der Waals surface area contributed by atoms with Gasteiger partial charge in [0.1, 0.15) is 0 Å². The molecule has 0 N–H and O–H groups in total. The Hall–Kier alpha value is -0.540. The molecule has 0 amide bonds. The number of rotatable bonds is 2. The van der Waals surface area contributed by atoms with Gasteiger partial charge in [0, 0.05) is 10.7 Å². The lowest BCUT2D eigenvalue weighted by atomic mass is 10.1. The number of aryl methyl sites for hydroxylation is 2. The summed E-state index contributed by atoms with van der Waals surface area (Å²) in [5.41, 5.74) is 2.10. The second kappa shape index (κ2) is 3.68. The fourth-order valence-corrected chi connectivity index (χ4v) is 1.98. The summed E-state index contributed by atoms with van der Waals surface area (Å²) >= 11 is 0. The third-order valence-corrected chi connectivity index (χ3v) is 3.33. The predicted molar refractivity (Wildman–Crippen MR) is 53.6 cm³/mol. The topological polar surface area (TPSA) is 34.1 Å². The van der Waals surface area contributed by atoms with Crippen LogP contribution in [0.3, 0.4) is 0 Å². The van der Waals surface area contributed by atoms with E-state index in [1.165, 1.54) is 6.07 Å². The molecule has 0 aromatic heterocycles. The van der Waals surface area contributed by atoms with Crippen LogP contribution in [0, 0.1) is 6.92 Å². The maximum absolute atomic E-state index is 11.0. The minimum atomic E-state index is -3.58. The van der Waals surface area contributed by atoms with E-state index in [1.54, 1.807) is 12.1 Å². The van der Waals surface area contributed by atoms with Crippen LogP contribution in [-0.4, -0.2) is 8.42 Å².